The van der Waals surface area contributed by atoms with Gasteiger partial charge in [0.25, 0.3) is 0 Å². The molecule has 0 saturated carbocycles. The molecule has 0 radical (unpaired) electrons. The summed E-state index contributed by atoms with van der Waals surface area (Å²) in [6.07, 6.45) is 0. The largest absolute Gasteiger partial charge is 0.461 e. The molecule has 1 aromatic heterocycles. The number of carbonyl (C=O) groups excluding carboxylic acids is 1. The van der Waals surface area contributed by atoms with E-state index in [1.807, 2.05) is 31.2 Å². The second kappa shape index (κ2) is 7.12. The van der Waals surface area contributed by atoms with Crippen molar-refractivity contribution >= 4 is 30.1 Å². The van der Waals surface area contributed by atoms with Crippen LogP contribution in [0.25, 0.3) is 10.9 Å². The number of aryl methyl sites for hydroxylation is 1. The van der Waals surface area contributed by atoms with Gasteiger partial charge in [-0.2, -0.15) is 0 Å². The number of carbonyl (C=O) groups is 1. The highest BCUT2D eigenvalue weighted by atomic mass is 28.3. The second-order valence-electron chi connectivity index (χ2n) is 7.79. The van der Waals surface area contributed by atoms with Crippen LogP contribution in [0, 0.1) is 6.92 Å². The van der Waals surface area contributed by atoms with Gasteiger partial charge in [-0.1, -0.05) is 66.8 Å². The number of fused-ring (bicyclic) bond motifs is 1. The van der Waals surface area contributed by atoms with Gasteiger partial charge >= 0.3 is 5.97 Å². The molecule has 0 aliphatic carbocycles. The molecule has 1 heterocycles. The Labute approximate surface area is 156 Å². The van der Waals surface area contributed by atoms with Crippen LogP contribution >= 0.6 is 0 Å². The molecule has 0 aliphatic heterocycles. The van der Waals surface area contributed by atoms with Crippen LogP contribution in [0.1, 0.15) is 28.5 Å². The first-order chi connectivity index (χ1) is 12.3. The van der Waals surface area contributed by atoms with Crippen LogP contribution < -0.4 is 5.19 Å². The monoisotopic (exact) mass is 365 g/mol. The number of hydrogen-bond donors (Lipinski definition) is 0. The molecule has 0 fully saturated rings. The third-order valence-electron chi connectivity index (χ3n) is 4.73. The van der Waals surface area contributed by atoms with Crippen LogP contribution in [0.15, 0.2) is 48.5 Å². The Bertz CT molecular complexity index is 950. The fourth-order valence-electron chi connectivity index (χ4n) is 3.60. The van der Waals surface area contributed by atoms with E-state index in [2.05, 4.69) is 55.4 Å². The number of ether oxygens (including phenoxy) is 1. The first kappa shape index (κ1) is 18.5. The summed E-state index contributed by atoms with van der Waals surface area (Å²) >= 11 is 0. The minimum absolute atomic E-state index is 0.265. The van der Waals surface area contributed by atoms with Crippen molar-refractivity contribution in [2.24, 2.45) is 0 Å². The maximum Gasteiger partial charge on any atom is 0.354 e. The van der Waals surface area contributed by atoms with E-state index < -0.39 is 8.07 Å². The van der Waals surface area contributed by atoms with E-state index in [-0.39, 0.29) is 5.97 Å². The average molecular weight is 366 g/mol. The number of nitrogens with zero attached hydrogens (tertiary/aromatic N) is 1. The summed E-state index contributed by atoms with van der Waals surface area (Å²) in [4.78, 5) is 12.4. The fraction of sp³-hybridized carbons (Fsp3) is 0.318. The maximum absolute atomic E-state index is 12.4. The van der Waals surface area contributed by atoms with Crippen molar-refractivity contribution in [2.45, 2.75) is 40.0 Å². The van der Waals surface area contributed by atoms with Gasteiger partial charge in [-0.3, -0.25) is 0 Å². The molecular weight excluding hydrogens is 338 g/mol. The van der Waals surface area contributed by atoms with Crippen molar-refractivity contribution in [3.05, 3.63) is 65.4 Å². The lowest BCUT2D eigenvalue weighted by molar-refractivity contribution is 0.0515. The van der Waals surface area contributed by atoms with Crippen molar-refractivity contribution in [2.75, 3.05) is 6.61 Å². The van der Waals surface area contributed by atoms with Gasteiger partial charge in [-0.25, -0.2) is 4.79 Å². The standard InChI is InChI=1S/C22H27NO2Si/c1-6-25-22(24)20-14-18-9-7-8-10-19(18)23(20)15-17-11-12-21(16(2)13-17)26(3,4)5/h7-14H,6,15H2,1-5H3. The van der Waals surface area contributed by atoms with E-state index in [1.165, 1.54) is 16.3 Å². The van der Waals surface area contributed by atoms with Gasteiger partial charge < -0.3 is 9.30 Å². The quantitative estimate of drug-likeness (QED) is 0.484. The molecule has 0 amide bonds. The first-order valence-electron chi connectivity index (χ1n) is 9.16. The van der Waals surface area contributed by atoms with Crippen LogP contribution in [-0.4, -0.2) is 25.2 Å². The van der Waals surface area contributed by atoms with Crippen LogP contribution in [0.4, 0.5) is 0 Å². The minimum atomic E-state index is -1.34. The summed E-state index contributed by atoms with van der Waals surface area (Å²) in [6, 6.07) is 16.8. The molecule has 0 spiro atoms. The number of aromatic nitrogens is 1. The van der Waals surface area contributed by atoms with Crippen molar-refractivity contribution in [3.8, 4) is 0 Å². The Morgan fingerprint density at radius 3 is 2.46 bits per heavy atom. The zero-order chi connectivity index (χ0) is 18.9. The van der Waals surface area contributed by atoms with Gasteiger partial charge in [0.05, 0.1) is 14.7 Å². The molecule has 0 atom stereocenters. The average Bonchev–Trinajstić information content (AvgIpc) is 2.93. The first-order valence-corrected chi connectivity index (χ1v) is 12.7. The van der Waals surface area contributed by atoms with Crippen LogP contribution in [0.5, 0.6) is 0 Å². The molecule has 3 rings (SSSR count). The lowest BCUT2D eigenvalue weighted by Gasteiger charge is -2.20. The summed E-state index contributed by atoms with van der Waals surface area (Å²) in [5, 5.41) is 2.55. The third kappa shape index (κ3) is 3.60. The van der Waals surface area contributed by atoms with Crippen LogP contribution in [0.3, 0.4) is 0 Å². The predicted octanol–water partition coefficient (Wildman–Crippen LogP) is 4.72. The summed E-state index contributed by atoms with van der Waals surface area (Å²) < 4.78 is 7.33. The van der Waals surface area contributed by atoms with Crippen molar-refractivity contribution in [3.63, 3.8) is 0 Å². The van der Waals surface area contributed by atoms with Gasteiger partial charge in [0.15, 0.2) is 0 Å². The highest BCUT2D eigenvalue weighted by molar-refractivity contribution is 6.89. The molecule has 2 aromatic carbocycles. The minimum Gasteiger partial charge on any atom is -0.461 e. The Morgan fingerprint density at radius 1 is 1.08 bits per heavy atom. The van der Waals surface area contributed by atoms with E-state index in [9.17, 15) is 4.79 Å². The smallest absolute Gasteiger partial charge is 0.354 e. The number of rotatable bonds is 5. The van der Waals surface area contributed by atoms with Gasteiger partial charge in [0, 0.05) is 17.4 Å². The number of hydrogen-bond acceptors (Lipinski definition) is 2. The van der Waals surface area contributed by atoms with E-state index in [1.54, 1.807) is 0 Å². The number of esters is 1. The zero-order valence-electron chi connectivity index (χ0n) is 16.3. The molecule has 4 heteroatoms. The summed E-state index contributed by atoms with van der Waals surface area (Å²) in [5.74, 6) is -0.265. The van der Waals surface area contributed by atoms with Crippen LogP contribution in [0.2, 0.25) is 19.6 Å². The summed E-state index contributed by atoms with van der Waals surface area (Å²) in [7, 11) is -1.34. The molecule has 0 saturated heterocycles. The maximum atomic E-state index is 12.4. The van der Waals surface area contributed by atoms with Gasteiger partial charge in [-0.15, -0.1) is 0 Å². The molecule has 0 bridgehead atoms. The van der Waals surface area contributed by atoms with E-state index >= 15 is 0 Å². The van der Waals surface area contributed by atoms with Crippen molar-refractivity contribution < 1.29 is 9.53 Å². The molecule has 0 aliphatic rings. The van der Waals surface area contributed by atoms with E-state index in [0.29, 0.717) is 18.8 Å². The highest BCUT2D eigenvalue weighted by Gasteiger charge is 2.20. The highest BCUT2D eigenvalue weighted by Crippen LogP contribution is 2.22. The molecule has 0 N–H and O–H groups in total. The Balaban J connectivity index is 2.04. The molecule has 3 aromatic rings. The summed E-state index contributed by atoms with van der Waals surface area (Å²) in [6.45, 7) is 12.2. The van der Waals surface area contributed by atoms with Crippen molar-refractivity contribution in [1.82, 2.24) is 4.57 Å². The topological polar surface area (TPSA) is 31.2 Å². The Morgan fingerprint density at radius 2 is 1.81 bits per heavy atom. The second-order valence-corrected chi connectivity index (χ2v) is 12.8. The fourth-order valence-corrected chi connectivity index (χ4v) is 5.44. The molecule has 136 valence electrons. The summed E-state index contributed by atoms with van der Waals surface area (Å²) in [5.41, 5.74) is 4.22. The molecule has 26 heavy (non-hydrogen) atoms. The van der Waals surface area contributed by atoms with Crippen molar-refractivity contribution in [1.29, 1.82) is 0 Å². The van der Waals surface area contributed by atoms with E-state index in [0.717, 1.165) is 10.9 Å². The van der Waals surface area contributed by atoms with E-state index in [4.69, 9.17) is 4.74 Å². The normalized spacial score (nSPS) is 11.7. The molecule has 0 unspecified atom stereocenters. The molecule has 3 nitrogen and oxygen atoms in total. The lowest BCUT2D eigenvalue weighted by atomic mass is 10.1. The Hall–Kier alpha value is -2.33. The number of benzene rings is 2. The molecular formula is C22H27NO2Si. The SMILES string of the molecule is CCOC(=O)c1cc2ccccc2n1Cc1ccc([Si](C)(C)C)c(C)c1. The van der Waals surface area contributed by atoms with Crippen LogP contribution in [-0.2, 0) is 11.3 Å². The van der Waals surface area contributed by atoms with Gasteiger partial charge in [-0.05, 0) is 31.5 Å². The number of para-hydroxylation sites is 1. The predicted molar refractivity (Wildman–Crippen MR) is 111 cm³/mol. The van der Waals surface area contributed by atoms with Gasteiger partial charge in [0.1, 0.15) is 5.69 Å². The zero-order valence-corrected chi connectivity index (χ0v) is 17.3. The third-order valence-corrected chi connectivity index (χ3v) is 6.91. The van der Waals surface area contributed by atoms with Gasteiger partial charge in [0.2, 0.25) is 0 Å². The lowest BCUT2D eigenvalue weighted by Crippen LogP contribution is -2.39. The Kier molecular flexibility index (Phi) is 5.05.